The van der Waals surface area contributed by atoms with Crippen molar-refractivity contribution in [3.05, 3.63) is 39.0 Å². The standard InChI is InChI=1S/C18H21N3O2S2/c22-17-4-3-13-10-20(18(23)15-11-24-12-19-15)7-6-16(13)21(17)8-5-14-2-1-9-25-14/h1-2,9,11-13,16H,3-8,10H2/t13-,16+/m0/s1. The van der Waals surface area contributed by atoms with Crippen molar-refractivity contribution in [3.63, 3.8) is 0 Å². The Morgan fingerprint density at radius 1 is 1.36 bits per heavy atom. The maximum Gasteiger partial charge on any atom is 0.273 e. The fraction of sp³-hybridized carbons (Fsp3) is 0.500. The summed E-state index contributed by atoms with van der Waals surface area (Å²) in [6.07, 6.45) is 3.29. The molecule has 0 unspecified atom stereocenters. The smallest absolute Gasteiger partial charge is 0.273 e. The molecule has 2 fully saturated rings. The number of likely N-dealkylation sites (tertiary alicyclic amines) is 2. The molecule has 2 aromatic heterocycles. The largest absolute Gasteiger partial charge is 0.339 e. The van der Waals surface area contributed by atoms with Gasteiger partial charge >= 0.3 is 0 Å². The first kappa shape index (κ1) is 16.7. The minimum atomic E-state index is 0.0294. The van der Waals surface area contributed by atoms with Crippen molar-refractivity contribution < 1.29 is 9.59 Å². The van der Waals surface area contributed by atoms with E-state index in [0.29, 0.717) is 24.6 Å². The molecule has 0 saturated carbocycles. The van der Waals surface area contributed by atoms with E-state index in [1.165, 1.54) is 16.2 Å². The van der Waals surface area contributed by atoms with Crippen LogP contribution in [0.4, 0.5) is 0 Å². The zero-order valence-electron chi connectivity index (χ0n) is 14.0. The van der Waals surface area contributed by atoms with Crippen LogP contribution in [-0.4, -0.2) is 52.3 Å². The number of thiophene rings is 1. The molecule has 7 heteroatoms. The summed E-state index contributed by atoms with van der Waals surface area (Å²) in [6.45, 7) is 2.24. The number of thiazole rings is 1. The summed E-state index contributed by atoms with van der Waals surface area (Å²) in [4.78, 5) is 34.5. The normalized spacial score (nSPS) is 23.6. The molecule has 4 rings (SSSR count). The second-order valence-electron chi connectivity index (χ2n) is 6.70. The van der Waals surface area contributed by atoms with Gasteiger partial charge in [-0.25, -0.2) is 4.98 Å². The summed E-state index contributed by atoms with van der Waals surface area (Å²) >= 11 is 3.20. The van der Waals surface area contributed by atoms with Gasteiger partial charge in [-0.15, -0.1) is 22.7 Å². The molecular formula is C18H21N3O2S2. The maximum absolute atomic E-state index is 12.6. The predicted octanol–water partition coefficient (Wildman–Crippen LogP) is 2.90. The SMILES string of the molecule is O=C(c1cscn1)N1CC[C@@H]2[C@@H](CCC(=O)N2CCc2cccs2)C1. The van der Waals surface area contributed by atoms with Crippen molar-refractivity contribution in [2.45, 2.75) is 31.7 Å². The number of aromatic nitrogens is 1. The van der Waals surface area contributed by atoms with Crippen molar-refractivity contribution >= 4 is 34.5 Å². The molecule has 0 radical (unpaired) electrons. The molecule has 0 aliphatic carbocycles. The highest BCUT2D eigenvalue weighted by molar-refractivity contribution is 7.09. The Hall–Kier alpha value is -1.73. The summed E-state index contributed by atoms with van der Waals surface area (Å²) in [5.41, 5.74) is 2.25. The molecule has 2 aliphatic heterocycles. The van der Waals surface area contributed by atoms with Gasteiger partial charge in [0.1, 0.15) is 5.69 Å². The van der Waals surface area contributed by atoms with Crippen molar-refractivity contribution in [2.24, 2.45) is 5.92 Å². The average molecular weight is 376 g/mol. The summed E-state index contributed by atoms with van der Waals surface area (Å²) in [5.74, 6) is 0.691. The molecule has 2 amide bonds. The molecule has 5 nitrogen and oxygen atoms in total. The van der Waals surface area contributed by atoms with Crippen molar-refractivity contribution in [2.75, 3.05) is 19.6 Å². The van der Waals surface area contributed by atoms with Crippen LogP contribution >= 0.6 is 22.7 Å². The van der Waals surface area contributed by atoms with Gasteiger partial charge in [0.05, 0.1) is 5.51 Å². The highest BCUT2D eigenvalue weighted by atomic mass is 32.1. The minimum Gasteiger partial charge on any atom is -0.339 e. The van der Waals surface area contributed by atoms with Gasteiger partial charge in [-0.1, -0.05) is 6.07 Å². The highest BCUT2D eigenvalue weighted by Crippen LogP contribution is 2.32. The number of nitrogens with zero attached hydrogens (tertiary/aromatic N) is 3. The van der Waals surface area contributed by atoms with Gasteiger partial charge in [0, 0.05) is 42.4 Å². The lowest BCUT2D eigenvalue weighted by molar-refractivity contribution is -0.140. The monoisotopic (exact) mass is 375 g/mol. The van der Waals surface area contributed by atoms with Gasteiger partial charge < -0.3 is 9.80 Å². The van der Waals surface area contributed by atoms with Crippen LogP contribution in [0, 0.1) is 5.92 Å². The van der Waals surface area contributed by atoms with Gasteiger partial charge in [-0.2, -0.15) is 0 Å². The van der Waals surface area contributed by atoms with Gasteiger partial charge in [-0.3, -0.25) is 9.59 Å². The molecule has 0 aromatic carbocycles. The molecule has 4 heterocycles. The van der Waals surface area contributed by atoms with E-state index in [9.17, 15) is 9.59 Å². The van der Waals surface area contributed by atoms with Crippen molar-refractivity contribution in [3.8, 4) is 0 Å². The summed E-state index contributed by atoms with van der Waals surface area (Å²) in [6, 6.07) is 4.47. The van der Waals surface area contributed by atoms with E-state index in [0.717, 1.165) is 32.4 Å². The van der Waals surface area contributed by atoms with Gasteiger partial charge in [0.15, 0.2) is 0 Å². The van der Waals surface area contributed by atoms with E-state index in [2.05, 4.69) is 27.4 Å². The zero-order valence-corrected chi connectivity index (χ0v) is 15.6. The van der Waals surface area contributed by atoms with Crippen molar-refractivity contribution in [1.29, 1.82) is 0 Å². The number of hydrogen-bond donors (Lipinski definition) is 0. The van der Waals surface area contributed by atoms with Crippen molar-refractivity contribution in [1.82, 2.24) is 14.8 Å². The van der Waals surface area contributed by atoms with Crippen LogP contribution in [0.5, 0.6) is 0 Å². The summed E-state index contributed by atoms with van der Waals surface area (Å²) < 4.78 is 0. The minimum absolute atomic E-state index is 0.0294. The fourth-order valence-electron chi connectivity index (χ4n) is 3.99. The lowest BCUT2D eigenvalue weighted by Gasteiger charge is -2.47. The van der Waals surface area contributed by atoms with Crippen LogP contribution in [0.15, 0.2) is 28.4 Å². The number of hydrogen-bond acceptors (Lipinski definition) is 5. The van der Waals surface area contributed by atoms with Gasteiger partial charge in [0.2, 0.25) is 5.91 Å². The van der Waals surface area contributed by atoms with E-state index in [1.54, 1.807) is 16.8 Å². The predicted molar refractivity (Wildman–Crippen MR) is 98.9 cm³/mol. The highest BCUT2D eigenvalue weighted by Gasteiger charge is 2.40. The molecule has 0 N–H and O–H groups in total. The van der Waals surface area contributed by atoms with Crippen LogP contribution in [-0.2, 0) is 11.2 Å². The fourth-order valence-corrected chi connectivity index (χ4v) is 5.22. The molecule has 132 valence electrons. The molecule has 2 aliphatic rings. The third kappa shape index (κ3) is 3.48. The lowest BCUT2D eigenvalue weighted by atomic mass is 9.83. The molecule has 2 aromatic rings. The Balaban J connectivity index is 1.41. The second kappa shape index (κ2) is 7.25. The van der Waals surface area contributed by atoms with Crippen LogP contribution in [0.3, 0.4) is 0 Å². The molecule has 0 spiro atoms. The maximum atomic E-state index is 12.6. The van der Waals surface area contributed by atoms with Crippen LogP contribution in [0.1, 0.15) is 34.6 Å². The van der Waals surface area contributed by atoms with E-state index < -0.39 is 0 Å². The Kier molecular flexibility index (Phi) is 4.85. The van der Waals surface area contributed by atoms with E-state index in [4.69, 9.17) is 0 Å². The zero-order chi connectivity index (χ0) is 17.2. The van der Waals surface area contributed by atoms with Crippen LogP contribution < -0.4 is 0 Å². The topological polar surface area (TPSA) is 53.5 Å². The average Bonchev–Trinajstić information content (AvgIpc) is 3.33. The first-order chi connectivity index (χ1) is 12.2. The number of rotatable bonds is 4. The second-order valence-corrected chi connectivity index (χ2v) is 8.45. The van der Waals surface area contributed by atoms with Crippen LogP contribution in [0.2, 0.25) is 0 Å². The first-order valence-corrected chi connectivity index (χ1v) is 10.5. The molecule has 2 saturated heterocycles. The number of carbonyl (C=O) groups excluding carboxylic acids is 2. The number of piperidine rings is 2. The van der Waals surface area contributed by atoms with Gasteiger partial charge in [-0.05, 0) is 36.6 Å². The molecular weight excluding hydrogens is 354 g/mol. The van der Waals surface area contributed by atoms with E-state index in [-0.39, 0.29) is 17.9 Å². The first-order valence-electron chi connectivity index (χ1n) is 8.71. The Morgan fingerprint density at radius 3 is 3.04 bits per heavy atom. The lowest BCUT2D eigenvalue weighted by Crippen LogP contribution is -2.57. The Morgan fingerprint density at radius 2 is 2.28 bits per heavy atom. The Labute approximate surface area is 155 Å². The number of carbonyl (C=O) groups is 2. The number of fused-ring (bicyclic) bond motifs is 1. The molecule has 0 bridgehead atoms. The number of amides is 2. The third-order valence-corrected chi connectivity index (χ3v) is 6.78. The van der Waals surface area contributed by atoms with Gasteiger partial charge in [0.25, 0.3) is 5.91 Å². The van der Waals surface area contributed by atoms with E-state index in [1.807, 2.05) is 10.3 Å². The quantitative estimate of drug-likeness (QED) is 0.826. The third-order valence-electron chi connectivity index (χ3n) is 5.26. The summed E-state index contributed by atoms with van der Waals surface area (Å²) in [7, 11) is 0. The van der Waals surface area contributed by atoms with Crippen LogP contribution in [0.25, 0.3) is 0 Å². The van der Waals surface area contributed by atoms with E-state index >= 15 is 0 Å². The molecule has 2 atom stereocenters. The molecule has 25 heavy (non-hydrogen) atoms. The Bertz CT molecular complexity index is 730. The summed E-state index contributed by atoms with van der Waals surface area (Å²) in [5, 5.41) is 3.89.